The van der Waals surface area contributed by atoms with E-state index in [2.05, 4.69) is 5.32 Å². The second-order valence-electron chi connectivity index (χ2n) is 5.12. The molecule has 1 amide bonds. The van der Waals surface area contributed by atoms with Gasteiger partial charge in [-0.1, -0.05) is 48.5 Å². The molecule has 0 radical (unpaired) electrons. The average Bonchev–Trinajstić information content (AvgIpc) is 2.63. The number of para-hydroxylation sites is 2. The molecule has 0 saturated carbocycles. The van der Waals surface area contributed by atoms with Crippen LogP contribution in [0, 0.1) is 0 Å². The van der Waals surface area contributed by atoms with Gasteiger partial charge in [-0.2, -0.15) is 0 Å². The molecule has 0 aromatic heterocycles. The van der Waals surface area contributed by atoms with Gasteiger partial charge in [-0.25, -0.2) is 4.79 Å². The lowest BCUT2D eigenvalue weighted by Crippen LogP contribution is -2.26. The number of hydrogen-bond acceptors (Lipinski definition) is 3. The molecule has 0 aliphatic rings. The van der Waals surface area contributed by atoms with Crippen LogP contribution in [0.3, 0.4) is 0 Å². The van der Waals surface area contributed by atoms with E-state index in [4.69, 9.17) is 9.47 Å². The fourth-order valence-corrected chi connectivity index (χ4v) is 2.11. The van der Waals surface area contributed by atoms with E-state index in [0.717, 1.165) is 17.1 Å². The van der Waals surface area contributed by atoms with E-state index in [1.54, 1.807) is 12.1 Å². The van der Waals surface area contributed by atoms with E-state index in [1.165, 1.54) is 0 Å². The summed E-state index contributed by atoms with van der Waals surface area (Å²) in [4.78, 5) is 11.7. The molecule has 3 aromatic carbocycles. The lowest BCUT2D eigenvalue weighted by atomic mass is 10.2. The van der Waals surface area contributed by atoms with Crippen LogP contribution in [0.4, 0.5) is 4.79 Å². The second kappa shape index (κ2) is 7.83. The Morgan fingerprint density at radius 2 is 1.25 bits per heavy atom. The van der Waals surface area contributed by atoms with Crippen LogP contribution < -0.4 is 14.8 Å². The third-order valence-electron chi connectivity index (χ3n) is 3.29. The normalized spacial score (nSPS) is 10.0. The van der Waals surface area contributed by atoms with Gasteiger partial charge in [-0.3, -0.25) is 0 Å². The first-order chi connectivity index (χ1) is 11.8. The fraction of sp³-hybridized carbons (Fsp3) is 0.0500. The van der Waals surface area contributed by atoms with E-state index >= 15 is 0 Å². The molecule has 120 valence electrons. The maximum Gasteiger partial charge on any atom is 0.412 e. The Bertz CT molecular complexity index is 771. The van der Waals surface area contributed by atoms with E-state index in [9.17, 15) is 4.79 Å². The highest BCUT2D eigenvalue weighted by molar-refractivity contribution is 5.70. The predicted octanol–water partition coefficient (Wildman–Crippen LogP) is 4.77. The lowest BCUT2D eigenvalue weighted by molar-refractivity contribution is 0.200. The highest BCUT2D eigenvalue weighted by Gasteiger charge is 2.04. The molecule has 0 fully saturated rings. The third kappa shape index (κ3) is 4.61. The fourth-order valence-electron chi connectivity index (χ4n) is 2.11. The van der Waals surface area contributed by atoms with Gasteiger partial charge in [0.1, 0.15) is 17.2 Å². The van der Waals surface area contributed by atoms with Gasteiger partial charge in [0.15, 0.2) is 0 Å². The van der Waals surface area contributed by atoms with E-state index in [-0.39, 0.29) is 0 Å². The zero-order valence-corrected chi connectivity index (χ0v) is 13.0. The molecule has 1 N–H and O–H groups in total. The molecular formula is C20H17NO3. The van der Waals surface area contributed by atoms with Crippen molar-refractivity contribution in [2.75, 3.05) is 0 Å². The molecule has 4 nitrogen and oxygen atoms in total. The molecular weight excluding hydrogens is 302 g/mol. The van der Waals surface area contributed by atoms with Gasteiger partial charge in [0.05, 0.1) is 0 Å². The number of benzene rings is 3. The van der Waals surface area contributed by atoms with Gasteiger partial charge in [-0.15, -0.1) is 0 Å². The molecule has 3 aromatic rings. The summed E-state index contributed by atoms with van der Waals surface area (Å²) in [5, 5.41) is 2.71. The number of rotatable bonds is 5. The highest BCUT2D eigenvalue weighted by Crippen LogP contribution is 2.21. The number of amides is 1. The minimum Gasteiger partial charge on any atom is -0.457 e. The van der Waals surface area contributed by atoms with Gasteiger partial charge in [0.25, 0.3) is 0 Å². The van der Waals surface area contributed by atoms with Gasteiger partial charge >= 0.3 is 6.09 Å². The second-order valence-corrected chi connectivity index (χ2v) is 5.12. The SMILES string of the molecule is O=C(NCc1ccc(Oc2ccccc2)cc1)Oc1ccccc1. The lowest BCUT2D eigenvalue weighted by Gasteiger charge is -2.08. The largest absolute Gasteiger partial charge is 0.457 e. The van der Waals surface area contributed by atoms with Gasteiger partial charge in [-0.05, 0) is 42.0 Å². The van der Waals surface area contributed by atoms with Crippen LogP contribution in [-0.2, 0) is 6.54 Å². The summed E-state index contributed by atoms with van der Waals surface area (Å²) in [7, 11) is 0. The third-order valence-corrected chi connectivity index (χ3v) is 3.29. The van der Waals surface area contributed by atoms with Crippen molar-refractivity contribution in [2.24, 2.45) is 0 Å². The van der Waals surface area contributed by atoms with Crippen molar-refractivity contribution in [3.63, 3.8) is 0 Å². The van der Waals surface area contributed by atoms with Gasteiger partial charge in [0.2, 0.25) is 0 Å². The molecule has 24 heavy (non-hydrogen) atoms. The monoisotopic (exact) mass is 319 g/mol. The summed E-state index contributed by atoms with van der Waals surface area (Å²) in [5.74, 6) is 2.05. The van der Waals surface area contributed by atoms with Crippen LogP contribution in [0.1, 0.15) is 5.56 Å². The van der Waals surface area contributed by atoms with Crippen LogP contribution in [0.25, 0.3) is 0 Å². The van der Waals surface area contributed by atoms with Crippen molar-refractivity contribution in [1.29, 1.82) is 0 Å². The number of carbonyl (C=O) groups is 1. The smallest absolute Gasteiger partial charge is 0.412 e. The summed E-state index contributed by atoms with van der Waals surface area (Å²) in [6.45, 7) is 0.386. The van der Waals surface area contributed by atoms with E-state index in [0.29, 0.717) is 12.3 Å². The number of carbonyl (C=O) groups excluding carboxylic acids is 1. The van der Waals surface area contributed by atoms with E-state index < -0.39 is 6.09 Å². The van der Waals surface area contributed by atoms with Crippen molar-refractivity contribution in [3.8, 4) is 17.2 Å². The Balaban J connectivity index is 1.50. The summed E-state index contributed by atoms with van der Waals surface area (Å²) in [6, 6.07) is 26.1. The molecule has 4 heteroatoms. The summed E-state index contributed by atoms with van der Waals surface area (Å²) in [6.07, 6.45) is -0.481. The number of hydrogen-bond donors (Lipinski definition) is 1. The number of nitrogens with one attached hydrogen (secondary N) is 1. The van der Waals surface area contributed by atoms with Crippen LogP contribution in [0.15, 0.2) is 84.9 Å². The van der Waals surface area contributed by atoms with Crippen molar-refractivity contribution in [1.82, 2.24) is 5.32 Å². The Kier molecular flexibility index (Phi) is 5.10. The Hall–Kier alpha value is -3.27. The molecule has 0 heterocycles. The predicted molar refractivity (Wildman–Crippen MR) is 92.3 cm³/mol. The van der Waals surface area contributed by atoms with Crippen LogP contribution in [0.5, 0.6) is 17.2 Å². The maximum atomic E-state index is 11.7. The summed E-state index contributed by atoms with van der Waals surface area (Å²) < 4.78 is 10.9. The highest BCUT2D eigenvalue weighted by atomic mass is 16.6. The molecule has 0 atom stereocenters. The standard InChI is InChI=1S/C20H17NO3/c22-20(24-18-9-5-2-6-10-18)21-15-16-11-13-19(14-12-16)23-17-7-3-1-4-8-17/h1-14H,15H2,(H,21,22). The molecule has 0 saturated heterocycles. The maximum absolute atomic E-state index is 11.7. The van der Waals surface area contributed by atoms with Crippen LogP contribution in [0.2, 0.25) is 0 Å². The molecule has 0 spiro atoms. The first-order valence-corrected chi connectivity index (χ1v) is 7.62. The van der Waals surface area contributed by atoms with Crippen LogP contribution in [-0.4, -0.2) is 6.09 Å². The van der Waals surface area contributed by atoms with Crippen molar-refractivity contribution in [2.45, 2.75) is 6.54 Å². The molecule has 0 unspecified atom stereocenters. The van der Waals surface area contributed by atoms with Crippen molar-refractivity contribution in [3.05, 3.63) is 90.5 Å². The molecule has 0 aliphatic carbocycles. The molecule has 3 rings (SSSR count). The van der Waals surface area contributed by atoms with Crippen molar-refractivity contribution < 1.29 is 14.3 Å². The van der Waals surface area contributed by atoms with Crippen LogP contribution >= 0.6 is 0 Å². The first-order valence-electron chi connectivity index (χ1n) is 7.62. The number of ether oxygens (including phenoxy) is 2. The minimum atomic E-state index is -0.481. The quantitative estimate of drug-likeness (QED) is 0.737. The first kappa shape index (κ1) is 15.6. The minimum absolute atomic E-state index is 0.386. The van der Waals surface area contributed by atoms with Crippen molar-refractivity contribution >= 4 is 6.09 Å². The zero-order chi connectivity index (χ0) is 16.6. The van der Waals surface area contributed by atoms with Gasteiger partial charge in [0, 0.05) is 6.54 Å². The Morgan fingerprint density at radius 1 is 0.708 bits per heavy atom. The summed E-state index contributed by atoms with van der Waals surface area (Å²) >= 11 is 0. The topological polar surface area (TPSA) is 47.6 Å². The zero-order valence-electron chi connectivity index (χ0n) is 13.0. The Morgan fingerprint density at radius 3 is 1.88 bits per heavy atom. The van der Waals surface area contributed by atoms with E-state index in [1.807, 2.05) is 72.8 Å². The average molecular weight is 319 g/mol. The Labute approximate surface area is 140 Å². The molecule has 0 bridgehead atoms. The molecule has 0 aliphatic heterocycles. The van der Waals surface area contributed by atoms with Gasteiger partial charge < -0.3 is 14.8 Å². The summed E-state index contributed by atoms with van der Waals surface area (Å²) in [5.41, 5.74) is 0.959.